The van der Waals surface area contributed by atoms with Crippen molar-refractivity contribution in [2.24, 2.45) is 0 Å². The number of rotatable bonds is 6. The van der Waals surface area contributed by atoms with E-state index in [1.54, 1.807) is 0 Å². The van der Waals surface area contributed by atoms with Crippen LogP contribution < -0.4 is 0 Å². The van der Waals surface area contributed by atoms with E-state index < -0.39 is 11.6 Å². The van der Waals surface area contributed by atoms with Crippen LogP contribution in [0.4, 0.5) is 8.78 Å². The lowest BCUT2D eigenvalue weighted by Gasteiger charge is -2.03. The summed E-state index contributed by atoms with van der Waals surface area (Å²) in [5.74, 6) is -1.79. The normalized spacial score (nSPS) is 10.4. The van der Waals surface area contributed by atoms with Gasteiger partial charge in [-0.25, -0.2) is 8.78 Å². The number of carbonyl (C=O) groups excluding carboxylic acids is 1. The Morgan fingerprint density at radius 1 is 1.19 bits per heavy atom. The van der Waals surface area contributed by atoms with Crippen LogP contribution in [0.15, 0.2) is 18.2 Å². The molecular formula is C12H14F2O2. The lowest BCUT2D eigenvalue weighted by Crippen LogP contribution is -2.06. The maximum atomic E-state index is 12.8. The zero-order valence-electron chi connectivity index (χ0n) is 9.13. The van der Waals surface area contributed by atoms with Gasteiger partial charge in [-0.05, 0) is 18.6 Å². The molecule has 0 aliphatic heterocycles. The second kappa shape index (κ2) is 6.33. The molecule has 0 saturated heterocycles. The minimum atomic E-state index is -0.738. The van der Waals surface area contributed by atoms with E-state index in [-0.39, 0.29) is 24.4 Å². The Balaban J connectivity index is 2.52. The molecule has 2 nitrogen and oxygen atoms in total. The first kappa shape index (κ1) is 12.8. The molecule has 16 heavy (non-hydrogen) atoms. The van der Waals surface area contributed by atoms with Crippen molar-refractivity contribution in [1.82, 2.24) is 0 Å². The molecule has 0 aliphatic carbocycles. The van der Waals surface area contributed by atoms with E-state index in [4.69, 9.17) is 4.74 Å². The van der Waals surface area contributed by atoms with Crippen LogP contribution >= 0.6 is 0 Å². The number of halogens is 2. The first-order valence-corrected chi connectivity index (χ1v) is 5.20. The Hall–Kier alpha value is -1.29. The quantitative estimate of drug-likeness (QED) is 0.552. The largest absolute Gasteiger partial charge is 0.381 e. The fourth-order valence-electron chi connectivity index (χ4n) is 1.27. The van der Waals surface area contributed by atoms with Crippen LogP contribution in [0.1, 0.15) is 30.1 Å². The molecule has 1 rings (SSSR count). The molecule has 0 atom stereocenters. The van der Waals surface area contributed by atoms with Crippen molar-refractivity contribution in [3.63, 3.8) is 0 Å². The molecular weight excluding hydrogens is 214 g/mol. The van der Waals surface area contributed by atoms with Crippen LogP contribution in [0.3, 0.4) is 0 Å². The molecule has 4 heteroatoms. The minimum Gasteiger partial charge on any atom is -0.381 e. The van der Waals surface area contributed by atoms with E-state index in [1.165, 1.54) is 0 Å². The summed E-state index contributed by atoms with van der Waals surface area (Å²) in [6.07, 6.45) is 1.02. The highest BCUT2D eigenvalue weighted by Crippen LogP contribution is 2.10. The first-order chi connectivity index (χ1) is 7.63. The van der Waals surface area contributed by atoms with Gasteiger partial charge in [-0.2, -0.15) is 0 Å². The van der Waals surface area contributed by atoms with Gasteiger partial charge in [0.1, 0.15) is 11.6 Å². The third kappa shape index (κ3) is 4.06. The van der Waals surface area contributed by atoms with Crippen molar-refractivity contribution in [1.29, 1.82) is 0 Å². The molecule has 0 unspecified atom stereocenters. The SMILES string of the molecule is CCCOCCC(=O)c1cc(F)cc(F)c1. The van der Waals surface area contributed by atoms with Crippen molar-refractivity contribution in [3.05, 3.63) is 35.4 Å². The van der Waals surface area contributed by atoms with Crippen molar-refractivity contribution in [3.8, 4) is 0 Å². The fourth-order valence-corrected chi connectivity index (χ4v) is 1.27. The Morgan fingerprint density at radius 3 is 2.38 bits per heavy atom. The molecule has 1 aromatic carbocycles. The highest BCUT2D eigenvalue weighted by atomic mass is 19.1. The van der Waals surface area contributed by atoms with Gasteiger partial charge in [-0.1, -0.05) is 6.92 Å². The van der Waals surface area contributed by atoms with E-state index in [0.717, 1.165) is 24.6 Å². The maximum Gasteiger partial charge on any atom is 0.165 e. The van der Waals surface area contributed by atoms with Crippen LogP contribution in [0.5, 0.6) is 0 Å². The van der Waals surface area contributed by atoms with Gasteiger partial charge in [0.15, 0.2) is 5.78 Å². The summed E-state index contributed by atoms with van der Waals surface area (Å²) >= 11 is 0. The summed E-state index contributed by atoms with van der Waals surface area (Å²) in [5.41, 5.74) is 0.0533. The molecule has 0 aromatic heterocycles. The Labute approximate surface area is 93.2 Å². The predicted octanol–water partition coefficient (Wildman–Crippen LogP) is 2.96. The zero-order valence-corrected chi connectivity index (χ0v) is 9.13. The van der Waals surface area contributed by atoms with E-state index >= 15 is 0 Å². The van der Waals surface area contributed by atoms with Crippen molar-refractivity contribution < 1.29 is 18.3 Å². The smallest absolute Gasteiger partial charge is 0.165 e. The Morgan fingerprint density at radius 2 is 1.81 bits per heavy atom. The van der Waals surface area contributed by atoms with Gasteiger partial charge in [0.2, 0.25) is 0 Å². The number of hydrogen-bond donors (Lipinski definition) is 0. The maximum absolute atomic E-state index is 12.8. The Kier molecular flexibility index (Phi) is 5.05. The van der Waals surface area contributed by atoms with Crippen LogP contribution in [0.25, 0.3) is 0 Å². The van der Waals surface area contributed by atoms with Crippen molar-refractivity contribution in [2.45, 2.75) is 19.8 Å². The number of ketones is 1. The summed E-state index contributed by atoms with van der Waals surface area (Å²) in [5, 5.41) is 0. The highest BCUT2D eigenvalue weighted by Gasteiger charge is 2.08. The van der Waals surface area contributed by atoms with E-state index in [2.05, 4.69) is 0 Å². The van der Waals surface area contributed by atoms with Crippen LogP contribution in [-0.4, -0.2) is 19.0 Å². The molecule has 0 N–H and O–H groups in total. The summed E-state index contributed by atoms with van der Waals surface area (Å²) < 4.78 is 30.7. The molecule has 0 saturated carbocycles. The lowest BCUT2D eigenvalue weighted by atomic mass is 10.1. The van der Waals surface area contributed by atoms with Gasteiger partial charge in [0.05, 0.1) is 6.61 Å². The molecule has 0 amide bonds. The number of benzene rings is 1. The standard InChI is InChI=1S/C12H14F2O2/c1-2-4-16-5-3-12(15)9-6-10(13)8-11(14)7-9/h6-8H,2-5H2,1H3. The molecule has 0 fully saturated rings. The number of Topliss-reactive ketones (excluding diaryl/α,β-unsaturated/α-hetero) is 1. The number of ether oxygens (including phenoxy) is 1. The van der Waals surface area contributed by atoms with Crippen molar-refractivity contribution in [2.75, 3.05) is 13.2 Å². The minimum absolute atomic E-state index is 0.0533. The summed E-state index contributed by atoms with van der Waals surface area (Å²) in [6.45, 7) is 2.83. The fraction of sp³-hybridized carbons (Fsp3) is 0.417. The number of carbonyl (C=O) groups is 1. The summed E-state index contributed by atoms with van der Waals surface area (Å²) in [4.78, 5) is 11.5. The first-order valence-electron chi connectivity index (χ1n) is 5.20. The molecule has 0 spiro atoms. The average molecular weight is 228 g/mol. The van der Waals surface area contributed by atoms with Gasteiger partial charge in [0.25, 0.3) is 0 Å². The second-order valence-corrected chi connectivity index (χ2v) is 3.44. The van der Waals surface area contributed by atoms with Gasteiger partial charge in [0, 0.05) is 24.7 Å². The lowest BCUT2D eigenvalue weighted by molar-refractivity contribution is 0.0878. The molecule has 0 bridgehead atoms. The van der Waals surface area contributed by atoms with Gasteiger partial charge in [-0.3, -0.25) is 4.79 Å². The van der Waals surface area contributed by atoms with Crippen LogP contribution in [0.2, 0.25) is 0 Å². The predicted molar refractivity (Wildman–Crippen MR) is 56.4 cm³/mol. The van der Waals surface area contributed by atoms with Crippen LogP contribution in [-0.2, 0) is 4.74 Å². The molecule has 0 radical (unpaired) electrons. The van der Waals surface area contributed by atoms with Gasteiger partial charge in [-0.15, -0.1) is 0 Å². The Bertz CT molecular complexity index is 344. The molecule has 1 aromatic rings. The van der Waals surface area contributed by atoms with Crippen LogP contribution in [0, 0.1) is 11.6 Å². The second-order valence-electron chi connectivity index (χ2n) is 3.44. The number of hydrogen-bond acceptors (Lipinski definition) is 2. The topological polar surface area (TPSA) is 26.3 Å². The van der Waals surface area contributed by atoms with Gasteiger partial charge >= 0.3 is 0 Å². The monoisotopic (exact) mass is 228 g/mol. The highest BCUT2D eigenvalue weighted by molar-refractivity contribution is 5.96. The molecule has 0 aliphatic rings. The van der Waals surface area contributed by atoms with Gasteiger partial charge < -0.3 is 4.74 Å². The van der Waals surface area contributed by atoms with E-state index in [9.17, 15) is 13.6 Å². The summed E-state index contributed by atoms with van der Waals surface area (Å²) in [6, 6.07) is 2.81. The molecule has 88 valence electrons. The average Bonchev–Trinajstić information content (AvgIpc) is 2.22. The molecule has 0 heterocycles. The van der Waals surface area contributed by atoms with E-state index in [1.807, 2.05) is 6.92 Å². The third-order valence-corrected chi connectivity index (χ3v) is 2.01. The summed E-state index contributed by atoms with van der Waals surface area (Å²) in [7, 11) is 0. The zero-order chi connectivity index (χ0) is 12.0. The van der Waals surface area contributed by atoms with Crippen molar-refractivity contribution >= 4 is 5.78 Å². The third-order valence-electron chi connectivity index (χ3n) is 2.01. The van der Waals surface area contributed by atoms with E-state index in [0.29, 0.717) is 6.61 Å².